The van der Waals surface area contributed by atoms with Gasteiger partial charge in [-0.1, -0.05) is 48.1 Å². The van der Waals surface area contributed by atoms with E-state index in [1.165, 1.54) is 6.92 Å². The molecule has 0 saturated carbocycles. The maximum absolute atomic E-state index is 13.3. The summed E-state index contributed by atoms with van der Waals surface area (Å²) in [6.45, 7) is 27.4. The lowest BCUT2D eigenvalue weighted by molar-refractivity contribution is -0.226. The monoisotopic (exact) mass is 827 g/mol. The van der Waals surface area contributed by atoms with E-state index >= 15 is 0 Å². The molecule has 2 aliphatic rings. The van der Waals surface area contributed by atoms with E-state index in [2.05, 4.69) is 22.5 Å². The molecule has 2 amide bonds. The number of carbonyl (C=O) groups excluding carboxylic acids is 3. The van der Waals surface area contributed by atoms with Gasteiger partial charge in [0.25, 0.3) is 0 Å². The predicted molar refractivity (Wildman–Crippen MR) is 222 cm³/mol. The SMILES string of the molecule is C=C(CC)NC(CC(CC)NC(=O)OC(C)(C)C)[C@H](CC1OC[C@](C)(O)[C@H](C(C)C(=O)OC(C)(C)C)C1O)[C@@H](O)CO[C@H]1OC(CN)=CC[C@H]1NC(=O)CC(C)(C)C. The Kier molecular flexibility index (Phi) is 19.0. The highest BCUT2D eigenvalue weighted by Crippen LogP contribution is 2.39. The lowest BCUT2D eigenvalue weighted by Gasteiger charge is -2.48. The molecule has 5 unspecified atom stereocenters. The summed E-state index contributed by atoms with van der Waals surface area (Å²) >= 11 is 0. The number of nitrogens with one attached hydrogen (secondary N) is 3. The van der Waals surface area contributed by atoms with E-state index in [0.29, 0.717) is 37.1 Å². The minimum Gasteiger partial charge on any atom is -0.466 e. The molecular weight excluding hydrogens is 748 g/mol. The smallest absolute Gasteiger partial charge is 0.407 e. The number of nitrogens with two attached hydrogens (primary N) is 1. The van der Waals surface area contributed by atoms with Gasteiger partial charge in [-0.3, -0.25) is 9.59 Å². The Labute approximate surface area is 347 Å². The Morgan fingerprint density at radius 3 is 2.21 bits per heavy atom. The molecule has 15 nitrogen and oxygen atoms in total. The van der Waals surface area contributed by atoms with Gasteiger partial charge < -0.3 is 60.7 Å². The average Bonchev–Trinajstić information content (AvgIpc) is 3.07. The van der Waals surface area contributed by atoms with Crippen LogP contribution >= 0.6 is 0 Å². The van der Waals surface area contributed by atoms with Crippen LogP contribution in [-0.2, 0) is 33.3 Å². The molecule has 0 aromatic rings. The first-order valence-corrected chi connectivity index (χ1v) is 20.9. The van der Waals surface area contributed by atoms with Crippen molar-refractivity contribution in [3.05, 3.63) is 24.1 Å². The molecule has 11 atom stereocenters. The molecule has 8 N–H and O–H groups in total. The van der Waals surface area contributed by atoms with Gasteiger partial charge in [-0.2, -0.15) is 0 Å². The topological polar surface area (TPSA) is 220 Å². The van der Waals surface area contributed by atoms with E-state index in [4.69, 9.17) is 29.4 Å². The van der Waals surface area contributed by atoms with Gasteiger partial charge in [0.15, 0.2) is 0 Å². The first-order chi connectivity index (χ1) is 26.6. The first kappa shape index (κ1) is 51.2. The standard InChI is InChI=1S/C43H78N4O11/c1-15-25(3)45-31(19-27(16-2)46-39(52)58-42(11,12)13)29(20-33-36(50)35(43(14,53)24-55-33)26(4)37(51)57-41(8,9)10)32(48)23-54-38-30(18-17-28(22-44)56-38)47-34(49)21-40(5,6)7/h17,26-27,29-33,35-36,38,45,48,50,53H,3,15-16,18-24,44H2,1-2,4-14H3,(H,46,52)(H,47,49)/t26?,27?,29-,30+,31?,32-,33?,35+,36?,38-,43-/m0/s1. The van der Waals surface area contributed by atoms with Crippen molar-refractivity contribution in [2.24, 2.45) is 28.9 Å². The maximum Gasteiger partial charge on any atom is 0.407 e. The quantitative estimate of drug-likeness (QED) is 0.0890. The lowest BCUT2D eigenvalue weighted by atomic mass is 9.71. The number of hydrogen-bond donors (Lipinski definition) is 7. The molecule has 0 aromatic heterocycles. The summed E-state index contributed by atoms with van der Waals surface area (Å²) in [4.78, 5) is 39.3. The number of alkyl carbamates (subject to hydrolysis) is 1. The highest BCUT2D eigenvalue weighted by molar-refractivity contribution is 5.77. The van der Waals surface area contributed by atoms with E-state index in [1.54, 1.807) is 48.5 Å². The number of rotatable bonds is 19. The second-order valence-corrected chi connectivity index (χ2v) is 19.5. The van der Waals surface area contributed by atoms with Gasteiger partial charge in [0.05, 0.1) is 55.6 Å². The van der Waals surface area contributed by atoms with E-state index in [0.717, 1.165) is 0 Å². The van der Waals surface area contributed by atoms with Gasteiger partial charge in [0.2, 0.25) is 12.2 Å². The fourth-order valence-electron chi connectivity index (χ4n) is 7.44. The molecule has 0 spiro atoms. The summed E-state index contributed by atoms with van der Waals surface area (Å²) in [5, 5.41) is 45.1. The van der Waals surface area contributed by atoms with Crippen LogP contribution in [0.2, 0.25) is 0 Å². The second-order valence-electron chi connectivity index (χ2n) is 19.5. The van der Waals surface area contributed by atoms with Crippen molar-refractivity contribution < 1.29 is 53.4 Å². The van der Waals surface area contributed by atoms with E-state index < -0.39 is 89.3 Å². The van der Waals surface area contributed by atoms with E-state index in [9.17, 15) is 29.7 Å². The van der Waals surface area contributed by atoms with Gasteiger partial charge in [0.1, 0.15) is 17.0 Å². The number of ether oxygens (including phenoxy) is 5. The van der Waals surface area contributed by atoms with Crippen molar-refractivity contribution in [3.8, 4) is 0 Å². The Balaban J connectivity index is 2.55. The largest absolute Gasteiger partial charge is 0.466 e. The minimum absolute atomic E-state index is 0.0437. The summed E-state index contributed by atoms with van der Waals surface area (Å²) in [5.41, 5.74) is 3.25. The number of aliphatic hydroxyl groups excluding tert-OH is 2. The van der Waals surface area contributed by atoms with Crippen LogP contribution in [0.3, 0.4) is 0 Å². The van der Waals surface area contributed by atoms with Crippen molar-refractivity contribution >= 4 is 18.0 Å². The summed E-state index contributed by atoms with van der Waals surface area (Å²) in [5.74, 6) is -2.86. The van der Waals surface area contributed by atoms with Gasteiger partial charge in [-0.15, -0.1) is 0 Å². The first-order valence-electron chi connectivity index (χ1n) is 20.9. The van der Waals surface area contributed by atoms with Crippen LogP contribution in [0.1, 0.15) is 129 Å². The molecule has 2 heterocycles. The fourth-order valence-corrected chi connectivity index (χ4v) is 7.44. The molecule has 2 aliphatic heterocycles. The van der Waals surface area contributed by atoms with Crippen molar-refractivity contribution in [2.75, 3.05) is 19.8 Å². The zero-order chi connectivity index (χ0) is 44.4. The summed E-state index contributed by atoms with van der Waals surface area (Å²) in [6, 6.07) is -1.54. The third-order valence-corrected chi connectivity index (χ3v) is 10.3. The number of esters is 1. The Morgan fingerprint density at radius 2 is 1.67 bits per heavy atom. The minimum atomic E-state index is -1.58. The molecular formula is C43H78N4O11. The molecule has 58 heavy (non-hydrogen) atoms. The molecule has 1 saturated heterocycles. The fraction of sp³-hybridized carbons (Fsp3) is 0.837. The lowest BCUT2D eigenvalue weighted by Crippen LogP contribution is -2.60. The third-order valence-electron chi connectivity index (χ3n) is 10.3. The number of aliphatic hydroxyl groups is 3. The van der Waals surface area contributed by atoms with Gasteiger partial charge >= 0.3 is 12.1 Å². The Bertz CT molecular complexity index is 1380. The average molecular weight is 827 g/mol. The van der Waals surface area contributed by atoms with Crippen LogP contribution in [0.5, 0.6) is 0 Å². The highest BCUT2D eigenvalue weighted by Gasteiger charge is 2.52. The Hall–Kier alpha value is -2.95. The number of hydrogen-bond acceptors (Lipinski definition) is 13. The molecule has 15 heteroatoms. The zero-order valence-electron chi connectivity index (χ0n) is 37.6. The maximum atomic E-state index is 13.3. The van der Waals surface area contributed by atoms with Gasteiger partial charge in [-0.05, 0) is 92.1 Å². The molecule has 0 radical (unpaired) electrons. The van der Waals surface area contributed by atoms with Crippen LogP contribution in [0.15, 0.2) is 24.1 Å². The summed E-state index contributed by atoms with van der Waals surface area (Å²) in [6.07, 6.45) is -1.15. The normalized spacial score (nSPS) is 26.8. The molecule has 336 valence electrons. The molecule has 1 fully saturated rings. The summed E-state index contributed by atoms with van der Waals surface area (Å²) in [7, 11) is 0. The number of allylic oxidation sites excluding steroid dienone is 1. The molecule has 0 bridgehead atoms. The van der Waals surface area contributed by atoms with E-state index in [-0.39, 0.29) is 43.9 Å². The summed E-state index contributed by atoms with van der Waals surface area (Å²) < 4.78 is 29.7. The predicted octanol–water partition coefficient (Wildman–Crippen LogP) is 4.56. The number of amides is 2. The van der Waals surface area contributed by atoms with Crippen LogP contribution in [-0.4, -0.2) is 113 Å². The Morgan fingerprint density at radius 1 is 1.05 bits per heavy atom. The van der Waals surface area contributed by atoms with Crippen LogP contribution in [0, 0.1) is 23.2 Å². The number of carbonyl (C=O) groups is 3. The van der Waals surface area contributed by atoms with Crippen molar-refractivity contribution in [1.29, 1.82) is 0 Å². The van der Waals surface area contributed by atoms with Crippen molar-refractivity contribution in [2.45, 2.75) is 188 Å². The van der Waals surface area contributed by atoms with Crippen LogP contribution in [0.4, 0.5) is 4.79 Å². The molecule has 2 rings (SSSR count). The van der Waals surface area contributed by atoms with Crippen molar-refractivity contribution in [1.82, 2.24) is 16.0 Å². The van der Waals surface area contributed by atoms with Crippen molar-refractivity contribution in [3.63, 3.8) is 0 Å². The second kappa shape index (κ2) is 21.5. The van der Waals surface area contributed by atoms with Crippen LogP contribution in [0.25, 0.3) is 0 Å². The third kappa shape index (κ3) is 17.0. The molecule has 0 aliphatic carbocycles. The zero-order valence-corrected chi connectivity index (χ0v) is 37.6. The van der Waals surface area contributed by atoms with Gasteiger partial charge in [0, 0.05) is 36.0 Å². The van der Waals surface area contributed by atoms with Gasteiger partial charge in [-0.25, -0.2) is 4.79 Å². The van der Waals surface area contributed by atoms with Crippen LogP contribution < -0.4 is 21.7 Å². The van der Waals surface area contributed by atoms with E-state index in [1.807, 2.05) is 40.7 Å². The molecule has 0 aromatic carbocycles. The highest BCUT2D eigenvalue weighted by atomic mass is 16.7.